The van der Waals surface area contributed by atoms with E-state index in [4.69, 9.17) is 5.73 Å². The predicted octanol–water partition coefficient (Wildman–Crippen LogP) is 2.16. The molecule has 0 aromatic heterocycles. The van der Waals surface area contributed by atoms with Gasteiger partial charge in [-0.1, -0.05) is 32.6 Å². The Bertz CT molecular complexity index is 90.7. The largest absolute Gasteiger partial charge is 0.330 e. The molecule has 1 aliphatic rings. The van der Waals surface area contributed by atoms with Crippen molar-refractivity contribution in [2.45, 2.75) is 39.0 Å². The first-order valence-electron chi connectivity index (χ1n) is 4.54. The standard InChI is InChI=1S/C9H19N/c1-8-5-3-2-4-6-9(8)7-10/h8-9H,2-7,10H2,1H3/t8-,9?/m0/s1. The number of rotatable bonds is 1. The van der Waals surface area contributed by atoms with E-state index in [1.165, 1.54) is 32.1 Å². The van der Waals surface area contributed by atoms with Crippen molar-refractivity contribution in [2.75, 3.05) is 6.54 Å². The minimum Gasteiger partial charge on any atom is -0.330 e. The lowest BCUT2D eigenvalue weighted by atomic mass is 9.90. The molecule has 1 fully saturated rings. The Morgan fingerprint density at radius 1 is 1.20 bits per heavy atom. The minimum absolute atomic E-state index is 0.822. The van der Waals surface area contributed by atoms with Gasteiger partial charge in [0.05, 0.1) is 0 Å². The summed E-state index contributed by atoms with van der Waals surface area (Å²) in [4.78, 5) is 0. The lowest BCUT2D eigenvalue weighted by molar-refractivity contribution is 0.346. The molecule has 1 nitrogen and oxygen atoms in total. The molecule has 2 N–H and O–H groups in total. The summed E-state index contributed by atoms with van der Waals surface area (Å²) in [6.07, 6.45) is 7.05. The molecule has 0 amide bonds. The molecule has 1 rings (SSSR count). The van der Waals surface area contributed by atoms with Gasteiger partial charge in [0.2, 0.25) is 0 Å². The molecule has 0 saturated heterocycles. The zero-order valence-corrected chi connectivity index (χ0v) is 6.97. The van der Waals surface area contributed by atoms with E-state index in [9.17, 15) is 0 Å². The lowest BCUT2D eigenvalue weighted by Crippen LogP contribution is -2.20. The van der Waals surface area contributed by atoms with Gasteiger partial charge in [0.1, 0.15) is 0 Å². The zero-order chi connectivity index (χ0) is 7.40. The minimum atomic E-state index is 0.822. The first-order chi connectivity index (χ1) is 4.84. The van der Waals surface area contributed by atoms with Crippen molar-refractivity contribution in [1.29, 1.82) is 0 Å². The monoisotopic (exact) mass is 141 g/mol. The molecular weight excluding hydrogens is 122 g/mol. The second-order valence-electron chi connectivity index (χ2n) is 3.61. The highest BCUT2D eigenvalue weighted by Crippen LogP contribution is 2.27. The number of hydrogen-bond acceptors (Lipinski definition) is 1. The first-order valence-corrected chi connectivity index (χ1v) is 4.54. The maximum atomic E-state index is 5.66. The van der Waals surface area contributed by atoms with Crippen LogP contribution in [0.15, 0.2) is 0 Å². The summed E-state index contributed by atoms with van der Waals surface area (Å²) in [5.74, 6) is 1.70. The third-order valence-corrected chi connectivity index (χ3v) is 2.84. The van der Waals surface area contributed by atoms with Crippen LogP contribution in [-0.2, 0) is 0 Å². The molecule has 0 aromatic carbocycles. The fourth-order valence-corrected chi connectivity index (χ4v) is 1.92. The van der Waals surface area contributed by atoms with E-state index in [0.717, 1.165) is 18.4 Å². The highest BCUT2D eigenvalue weighted by atomic mass is 14.6. The average Bonchev–Trinajstić information content (AvgIpc) is 2.13. The Labute approximate surface area is 64.0 Å². The Morgan fingerprint density at radius 2 is 1.90 bits per heavy atom. The van der Waals surface area contributed by atoms with Crippen LogP contribution in [0.5, 0.6) is 0 Å². The van der Waals surface area contributed by atoms with Gasteiger partial charge in [-0.25, -0.2) is 0 Å². The van der Waals surface area contributed by atoms with Crippen molar-refractivity contribution in [2.24, 2.45) is 17.6 Å². The van der Waals surface area contributed by atoms with E-state index in [2.05, 4.69) is 6.92 Å². The highest BCUT2D eigenvalue weighted by molar-refractivity contribution is 4.70. The summed E-state index contributed by atoms with van der Waals surface area (Å²) in [5, 5.41) is 0. The van der Waals surface area contributed by atoms with E-state index in [1.54, 1.807) is 0 Å². The predicted molar refractivity (Wildman–Crippen MR) is 44.8 cm³/mol. The van der Waals surface area contributed by atoms with Crippen LogP contribution >= 0.6 is 0 Å². The Kier molecular flexibility index (Phi) is 3.20. The summed E-state index contributed by atoms with van der Waals surface area (Å²) < 4.78 is 0. The van der Waals surface area contributed by atoms with Crippen LogP contribution in [0.1, 0.15) is 39.0 Å². The quantitative estimate of drug-likeness (QED) is 0.556. The third kappa shape index (κ3) is 1.98. The molecule has 0 spiro atoms. The molecule has 60 valence electrons. The van der Waals surface area contributed by atoms with Crippen LogP contribution in [0.4, 0.5) is 0 Å². The van der Waals surface area contributed by atoms with Crippen LogP contribution in [0.25, 0.3) is 0 Å². The Hall–Kier alpha value is -0.0400. The van der Waals surface area contributed by atoms with Gasteiger partial charge in [0.25, 0.3) is 0 Å². The van der Waals surface area contributed by atoms with Crippen molar-refractivity contribution in [3.05, 3.63) is 0 Å². The fraction of sp³-hybridized carbons (Fsp3) is 1.00. The summed E-state index contributed by atoms with van der Waals surface area (Å²) in [6, 6.07) is 0. The fourth-order valence-electron chi connectivity index (χ4n) is 1.92. The zero-order valence-electron chi connectivity index (χ0n) is 6.97. The van der Waals surface area contributed by atoms with Gasteiger partial charge in [-0.3, -0.25) is 0 Å². The van der Waals surface area contributed by atoms with Crippen molar-refractivity contribution >= 4 is 0 Å². The van der Waals surface area contributed by atoms with Gasteiger partial charge in [0.15, 0.2) is 0 Å². The lowest BCUT2D eigenvalue weighted by Gasteiger charge is -2.18. The van der Waals surface area contributed by atoms with E-state index in [0.29, 0.717) is 0 Å². The van der Waals surface area contributed by atoms with Gasteiger partial charge in [-0.2, -0.15) is 0 Å². The Morgan fingerprint density at radius 3 is 2.60 bits per heavy atom. The SMILES string of the molecule is C[C@H]1CCCCCC1CN. The van der Waals surface area contributed by atoms with Crippen molar-refractivity contribution in [3.8, 4) is 0 Å². The number of nitrogens with two attached hydrogens (primary N) is 1. The number of hydrogen-bond donors (Lipinski definition) is 1. The van der Waals surface area contributed by atoms with Crippen molar-refractivity contribution in [3.63, 3.8) is 0 Å². The van der Waals surface area contributed by atoms with E-state index < -0.39 is 0 Å². The van der Waals surface area contributed by atoms with Crippen LogP contribution < -0.4 is 5.73 Å². The van der Waals surface area contributed by atoms with Gasteiger partial charge < -0.3 is 5.73 Å². The summed E-state index contributed by atoms with van der Waals surface area (Å²) in [7, 11) is 0. The molecule has 2 atom stereocenters. The van der Waals surface area contributed by atoms with Gasteiger partial charge in [0, 0.05) is 0 Å². The molecule has 0 heterocycles. The first kappa shape index (κ1) is 8.06. The molecular formula is C9H19N. The average molecular weight is 141 g/mol. The molecule has 1 aliphatic carbocycles. The maximum absolute atomic E-state index is 5.66. The second-order valence-corrected chi connectivity index (χ2v) is 3.61. The normalized spacial score (nSPS) is 35.4. The van der Waals surface area contributed by atoms with Gasteiger partial charge in [-0.05, 0) is 24.8 Å². The van der Waals surface area contributed by atoms with Crippen LogP contribution in [0.2, 0.25) is 0 Å². The molecule has 10 heavy (non-hydrogen) atoms. The maximum Gasteiger partial charge on any atom is -0.00463 e. The topological polar surface area (TPSA) is 26.0 Å². The van der Waals surface area contributed by atoms with Gasteiger partial charge >= 0.3 is 0 Å². The summed E-state index contributed by atoms with van der Waals surface area (Å²) >= 11 is 0. The van der Waals surface area contributed by atoms with Crippen LogP contribution in [0.3, 0.4) is 0 Å². The highest BCUT2D eigenvalue weighted by Gasteiger charge is 2.17. The third-order valence-electron chi connectivity index (χ3n) is 2.84. The smallest absolute Gasteiger partial charge is 0.00463 e. The molecule has 1 unspecified atom stereocenters. The van der Waals surface area contributed by atoms with Crippen LogP contribution in [-0.4, -0.2) is 6.54 Å². The van der Waals surface area contributed by atoms with Gasteiger partial charge in [-0.15, -0.1) is 0 Å². The molecule has 1 saturated carbocycles. The van der Waals surface area contributed by atoms with E-state index in [1.807, 2.05) is 0 Å². The van der Waals surface area contributed by atoms with Crippen molar-refractivity contribution < 1.29 is 0 Å². The molecule has 0 radical (unpaired) electrons. The Balaban J connectivity index is 2.35. The summed E-state index contributed by atoms with van der Waals surface area (Å²) in [6.45, 7) is 3.25. The van der Waals surface area contributed by atoms with Crippen molar-refractivity contribution in [1.82, 2.24) is 0 Å². The van der Waals surface area contributed by atoms with E-state index >= 15 is 0 Å². The molecule has 1 heteroatoms. The van der Waals surface area contributed by atoms with Crippen LogP contribution in [0, 0.1) is 11.8 Å². The van der Waals surface area contributed by atoms with E-state index in [-0.39, 0.29) is 0 Å². The molecule has 0 aromatic rings. The second kappa shape index (κ2) is 3.97. The molecule has 0 bridgehead atoms. The summed E-state index contributed by atoms with van der Waals surface area (Å²) in [5.41, 5.74) is 5.66. The molecule has 0 aliphatic heterocycles.